The first-order chi connectivity index (χ1) is 11.7. The lowest BCUT2D eigenvalue weighted by Gasteiger charge is -2.27. The molecule has 0 spiro atoms. The van der Waals surface area contributed by atoms with E-state index in [0.29, 0.717) is 17.9 Å². The Morgan fingerprint density at radius 3 is 2.79 bits per heavy atom. The fraction of sp³-hybridized carbons (Fsp3) is 0.263. The summed E-state index contributed by atoms with van der Waals surface area (Å²) in [6.45, 7) is 2.28. The van der Waals surface area contributed by atoms with Crippen LogP contribution in [0.1, 0.15) is 30.5 Å². The van der Waals surface area contributed by atoms with E-state index in [2.05, 4.69) is 5.32 Å². The van der Waals surface area contributed by atoms with Gasteiger partial charge in [-0.05, 0) is 37.3 Å². The molecular formula is C19H18N2O3. The van der Waals surface area contributed by atoms with Gasteiger partial charge < -0.3 is 14.8 Å². The molecule has 24 heavy (non-hydrogen) atoms. The number of nitriles is 1. The zero-order valence-electron chi connectivity index (χ0n) is 13.4. The van der Waals surface area contributed by atoms with E-state index in [-0.39, 0.29) is 11.9 Å². The molecule has 122 valence electrons. The lowest BCUT2D eigenvalue weighted by Crippen LogP contribution is -2.40. The summed E-state index contributed by atoms with van der Waals surface area (Å²) in [6, 6.07) is 16.4. The maximum absolute atomic E-state index is 12.4. The Labute approximate surface area is 140 Å². The van der Waals surface area contributed by atoms with Crippen LogP contribution in [0.5, 0.6) is 11.5 Å². The molecule has 0 radical (unpaired) electrons. The van der Waals surface area contributed by atoms with E-state index in [9.17, 15) is 4.79 Å². The van der Waals surface area contributed by atoms with E-state index in [4.69, 9.17) is 14.7 Å². The predicted molar refractivity (Wildman–Crippen MR) is 88.7 cm³/mol. The molecule has 5 nitrogen and oxygen atoms in total. The van der Waals surface area contributed by atoms with Gasteiger partial charge in [-0.1, -0.05) is 18.2 Å². The molecule has 1 heterocycles. The lowest BCUT2D eigenvalue weighted by atomic mass is 10.0. The van der Waals surface area contributed by atoms with Crippen LogP contribution in [0.4, 0.5) is 0 Å². The van der Waals surface area contributed by atoms with Gasteiger partial charge in [0.1, 0.15) is 11.5 Å². The number of hydrogen-bond donors (Lipinski definition) is 1. The van der Waals surface area contributed by atoms with Crippen LogP contribution in [0.3, 0.4) is 0 Å². The lowest BCUT2D eigenvalue weighted by molar-refractivity contribution is -0.128. The molecule has 0 aliphatic carbocycles. The van der Waals surface area contributed by atoms with Crippen molar-refractivity contribution in [3.05, 3.63) is 59.7 Å². The molecule has 2 aromatic carbocycles. The topological polar surface area (TPSA) is 71.3 Å². The number of nitrogens with one attached hydrogen (secondary N) is 1. The summed E-state index contributed by atoms with van der Waals surface area (Å²) in [5.74, 6) is 1.19. The number of amides is 1. The number of nitrogens with zero attached hydrogens (tertiary/aromatic N) is 1. The molecule has 0 saturated heterocycles. The van der Waals surface area contributed by atoms with Crippen molar-refractivity contribution >= 4 is 5.91 Å². The van der Waals surface area contributed by atoms with E-state index < -0.39 is 6.10 Å². The Morgan fingerprint density at radius 1 is 1.29 bits per heavy atom. The highest BCUT2D eigenvalue weighted by atomic mass is 16.5. The van der Waals surface area contributed by atoms with E-state index in [0.717, 1.165) is 17.7 Å². The zero-order valence-corrected chi connectivity index (χ0v) is 13.4. The van der Waals surface area contributed by atoms with Gasteiger partial charge in [-0.3, -0.25) is 4.79 Å². The molecule has 0 bridgehead atoms. The normalized spacial score (nSPS) is 16.9. The van der Waals surface area contributed by atoms with Crippen LogP contribution >= 0.6 is 0 Å². The minimum Gasteiger partial charge on any atom is -0.493 e. The maximum atomic E-state index is 12.4. The summed E-state index contributed by atoms with van der Waals surface area (Å²) in [7, 11) is 0. The van der Waals surface area contributed by atoms with Crippen LogP contribution < -0.4 is 14.8 Å². The van der Waals surface area contributed by atoms with Crippen molar-refractivity contribution in [3.8, 4) is 17.6 Å². The number of fused-ring (bicyclic) bond motifs is 1. The zero-order chi connectivity index (χ0) is 16.9. The number of rotatable bonds is 4. The standard InChI is InChI=1S/C19H18N2O3/c1-13(24-15-8-6-14(12-20)7-9-15)19(22)21-17-10-11-23-18-5-3-2-4-16(17)18/h2-9,13,17H,10-11H2,1H3,(H,21,22)/t13-,17-/m1/s1. The highest BCUT2D eigenvalue weighted by molar-refractivity contribution is 5.81. The summed E-state index contributed by atoms with van der Waals surface area (Å²) >= 11 is 0. The quantitative estimate of drug-likeness (QED) is 0.939. The number of carbonyl (C=O) groups is 1. The van der Waals surface area contributed by atoms with Gasteiger partial charge >= 0.3 is 0 Å². The van der Waals surface area contributed by atoms with E-state index in [1.54, 1.807) is 31.2 Å². The summed E-state index contributed by atoms with van der Waals surface area (Å²) < 4.78 is 11.3. The molecule has 2 atom stereocenters. The van der Waals surface area contributed by atoms with Crippen molar-refractivity contribution in [1.29, 1.82) is 5.26 Å². The SMILES string of the molecule is C[C@@H](Oc1ccc(C#N)cc1)C(=O)N[C@@H]1CCOc2ccccc21. The largest absolute Gasteiger partial charge is 0.493 e. The third kappa shape index (κ3) is 3.49. The highest BCUT2D eigenvalue weighted by Crippen LogP contribution is 2.31. The second-order valence-corrected chi connectivity index (χ2v) is 5.63. The first-order valence-corrected chi connectivity index (χ1v) is 7.86. The fourth-order valence-electron chi connectivity index (χ4n) is 2.65. The van der Waals surface area contributed by atoms with Crippen LogP contribution in [0.15, 0.2) is 48.5 Å². The third-order valence-electron chi connectivity index (χ3n) is 3.94. The van der Waals surface area contributed by atoms with Gasteiger partial charge in [-0.15, -0.1) is 0 Å². The van der Waals surface area contributed by atoms with E-state index in [1.165, 1.54) is 0 Å². The van der Waals surface area contributed by atoms with Crippen LogP contribution in [-0.4, -0.2) is 18.6 Å². The smallest absolute Gasteiger partial charge is 0.261 e. The molecule has 0 aromatic heterocycles. The average Bonchev–Trinajstić information content (AvgIpc) is 2.62. The van der Waals surface area contributed by atoms with Gasteiger partial charge in [0.05, 0.1) is 24.3 Å². The second kappa shape index (κ2) is 7.05. The minimum atomic E-state index is -0.632. The Morgan fingerprint density at radius 2 is 2.04 bits per heavy atom. The van der Waals surface area contributed by atoms with Gasteiger partial charge in [-0.25, -0.2) is 0 Å². The molecule has 1 aliphatic heterocycles. The molecular weight excluding hydrogens is 304 g/mol. The van der Waals surface area contributed by atoms with Crippen molar-refractivity contribution < 1.29 is 14.3 Å². The molecule has 1 amide bonds. The first-order valence-electron chi connectivity index (χ1n) is 7.86. The van der Waals surface area contributed by atoms with Gasteiger partial charge in [0.25, 0.3) is 5.91 Å². The van der Waals surface area contributed by atoms with E-state index in [1.807, 2.05) is 30.3 Å². The number of ether oxygens (including phenoxy) is 2. The molecule has 0 fully saturated rings. The fourth-order valence-corrected chi connectivity index (χ4v) is 2.65. The summed E-state index contributed by atoms with van der Waals surface area (Å²) in [4.78, 5) is 12.4. The van der Waals surface area contributed by atoms with Crippen LogP contribution in [0, 0.1) is 11.3 Å². The third-order valence-corrected chi connectivity index (χ3v) is 3.94. The van der Waals surface area contributed by atoms with Crippen LogP contribution in [0.25, 0.3) is 0 Å². The van der Waals surface area contributed by atoms with Gasteiger partial charge in [0.2, 0.25) is 0 Å². The highest BCUT2D eigenvalue weighted by Gasteiger charge is 2.25. The second-order valence-electron chi connectivity index (χ2n) is 5.63. The molecule has 3 rings (SSSR count). The van der Waals surface area contributed by atoms with Crippen LogP contribution in [-0.2, 0) is 4.79 Å². The van der Waals surface area contributed by atoms with Crippen molar-refractivity contribution in [3.63, 3.8) is 0 Å². The molecule has 1 aliphatic rings. The van der Waals surface area contributed by atoms with Gasteiger partial charge in [0.15, 0.2) is 6.10 Å². The number of benzene rings is 2. The van der Waals surface area contributed by atoms with Crippen molar-refractivity contribution in [2.24, 2.45) is 0 Å². The van der Waals surface area contributed by atoms with Crippen molar-refractivity contribution in [1.82, 2.24) is 5.32 Å². The van der Waals surface area contributed by atoms with Gasteiger partial charge in [0, 0.05) is 12.0 Å². The van der Waals surface area contributed by atoms with Crippen molar-refractivity contribution in [2.45, 2.75) is 25.5 Å². The predicted octanol–water partition coefficient (Wildman–Crippen LogP) is 2.97. The number of para-hydroxylation sites is 1. The van der Waals surface area contributed by atoms with E-state index >= 15 is 0 Å². The summed E-state index contributed by atoms with van der Waals surface area (Å²) in [6.07, 6.45) is 0.0970. The van der Waals surface area contributed by atoms with Crippen LogP contribution in [0.2, 0.25) is 0 Å². The summed E-state index contributed by atoms with van der Waals surface area (Å²) in [5, 5.41) is 11.8. The minimum absolute atomic E-state index is 0.0746. The molecule has 1 N–H and O–H groups in total. The maximum Gasteiger partial charge on any atom is 0.261 e. The Balaban J connectivity index is 1.63. The first kappa shape index (κ1) is 15.9. The summed E-state index contributed by atoms with van der Waals surface area (Å²) in [5.41, 5.74) is 1.54. The van der Waals surface area contributed by atoms with Crippen molar-refractivity contribution in [2.75, 3.05) is 6.61 Å². The average molecular weight is 322 g/mol. The monoisotopic (exact) mass is 322 g/mol. The number of hydrogen-bond acceptors (Lipinski definition) is 4. The van der Waals surface area contributed by atoms with Gasteiger partial charge in [-0.2, -0.15) is 5.26 Å². The Kier molecular flexibility index (Phi) is 4.66. The molecule has 0 saturated carbocycles. The number of carbonyl (C=O) groups excluding carboxylic acids is 1. The Hall–Kier alpha value is -3.00. The Bertz CT molecular complexity index is 765. The molecule has 0 unspecified atom stereocenters. The molecule has 2 aromatic rings. The molecule has 5 heteroatoms.